The van der Waals surface area contributed by atoms with Gasteiger partial charge in [-0.1, -0.05) is 13.8 Å². The van der Waals surface area contributed by atoms with Gasteiger partial charge in [-0.05, 0) is 37.0 Å². The minimum Gasteiger partial charge on any atom is -0.399 e. The number of rotatable bonds is 6. The third-order valence-corrected chi connectivity index (χ3v) is 6.13. The summed E-state index contributed by atoms with van der Waals surface area (Å²) in [6, 6.07) is 5.71. The van der Waals surface area contributed by atoms with E-state index in [1.54, 1.807) is 17.6 Å². The summed E-state index contributed by atoms with van der Waals surface area (Å²) in [4.78, 5) is 19.7. The monoisotopic (exact) mass is 439 g/mol. The Hall–Kier alpha value is -2.91. The predicted molar refractivity (Wildman–Crippen MR) is 126 cm³/mol. The van der Waals surface area contributed by atoms with Crippen molar-refractivity contribution in [3.63, 3.8) is 0 Å². The number of carbonyl (C=O) groups excluding carboxylic acids is 1. The van der Waals surface area contributed by atoms with E-state index in [1.807, 2.05) is 23.0 Å². The maximum atomic E-state index is 12.9. The zero-order valence-electron chi connectivity index (χ0n) is 17.9. The van der Waals surface area contributed by atoms with Gasteiger partial charge in [-0.25, -0.2) is 4.98 Å². The minimum atomic E-state index is -0.259. The van der Waals surface area contributed by atoms with Gasteiger partial charge in [0, 0.05) is 48.5 Å². The van der Waals surface area contributed by atoms with Crippen LogP contribution in [0.25, 0.3) is 10.6 Å². The number of nitrogens with two attached hydrogens (primary N) is 2. The van der Waals surface area contributed by atoms with E-state index in [0.717, 1.165) is 48.7 Å². The lowest BCUT2D eigenvalue weighted by molar-refractivity contribution is 0.102. The molecule has 2 aromatic heterocycles. The van der Waals surface area contributed by atoms with Crippen molar-refractivity contribution in [2.45, 2.75) is 39.3 Å². The van der Waals surface area contributed by atoms with Crippen molar-refractivity contribution in [3.8, 4) is 10.6 Å². The van der Waals surface area contributed by atoms with Gasteiger partial charge in [0.1, 0.15) is 10.7 Å². The third kappa shape index (κ3) is 5.05. The van der Waals surface area contributed by atoms with Gasteiger partial charge >= 0.3 is 0 Å². The van der Waals surface area contributed by atoms with Crippen LogP contribution in [0.15, 0.2) is 36.0 Å². The molecule has 5 N–H and O–H groups in total. The molecular weight excluding hydrogens is 410 g/mol. The molecule has 1 aromatic carbocycles. The van der Waals surface area contributed by atoms with Gasteiger partial charge in [-0.2, -0.15) is 5.10 Å². The molecule has 3 aromatic rings. The zero-order chi connectivity index (χ0) is 22.0. The smallest absolute Gasteiger partial charge is 0.275 e. The van der Waals surface area contributed by atoms with E-state index in [4.69, 9.17) is 11.5 Å². The Morgan fingerprint density at radius 2 is 2.23 bits per heavy atom. The summed E-state index contributed by atoms with van der Waals surface area (Å²) in [7, 11) is 0. The summed E-state index contributed by atoms with van der Waals surface area (Å²) in [5.41, 5.74) is 15.6. The van der Waals surface area contributed by atoms with Gasteiger partial charge in [-0.3, -0.25) is 9.48 Å². The Morgan fingerprint density at radius 3 is 3.00 bits per heavy atom. The van der Waals surface area contributed by atoms with Crippen LogP contribution in [0.1, 0.15) is 37.2 Å². The van der Waals surface area contributed by atoms with Crippen LogP contribution < -0.4 is 21.7 Å². The fourth-order valence-corrected chi connectivity index (χ4v) is 4.58. The number of anilines is 3. The number of nitrogens with zero attached hydrogens (tertiary/aromatic N) is 4. The summed E-state index contributed by atoms with van der Waals surface area (Å²) in [6.45, 7) is 6.80. The van der Waals surface area contributed by atoms with Crippen LogP contribution in [0.4, 0.5) is 17.1 Å². The van der Waals surface area contributed by atoms with Crippen LogP contribution in [0.3, 0.4) is 0 Å². The molecule has 0 bridgehead atoms. The van der Waals surface area contributed by atoms with Gasteiger partial charge in [0.25, 0.3) is 5.91 Å². The van der Waals surface area contributed by atoms with Gasteiger partial charge in [0.2, 0.25) is 0 Å². The predicted octanol–water partition coefficient (Wildman–Crippen LogP) is 3.42. The van der Waals surface area contributed by atoms with Crippen LogP contribution >= 0.6 is 11.3 Å². The molecule has 0 radical (unpaired) electrons. The van der Waals surface area contributed by atoms with Gasteiger partial charge in [0.15, 0.2) is 0 Å². The summed E-state index contributed by atoms with van der Waals surface area (Å²) in [6.07, 6.45) is 5.80. The van der Waals surface area contributed by atoms with Crippen molar-refractivity contribution < 1.29 is 4.79 Å². The Kier molecular flexibility index (Phi) is 6.24. The molecule has 1 saturated heterocycles. The molecular formula is C22H29N7OS. The number of benzene rings is 1. The van der Waals surface area contributed by atoms with Gasteiger partial charge < -0.3 is 21.7 Å². The number of nitrogens with one attached hydrogen (secondary N) is 1. The Morgan fingerprint density at radius 1 is 1.39 bits per heavy atom. The van der Waals surface area contributed by atoms with Crippen molar-refractivity contribution in [1.82, 2.24) is 14.8 Å². The lowest BCUT2D eigenvalue weighted by atomic mass is 10.1. The average Bonchev–Trinajstić information content (AvgIpc) is 3.37. The van der Waals surface area contributed by atoms with E-state index in [0.29, 0.717) is 23.0 Å². The molecule has 0 saturated carbocycles. The van der Waals surface area contributed by atoms with Crippen molar-refractivity contribution in [1.29, 1.82) is 0 Å². The van der Waals surface area contributed by atoms with E-state index in [1.165, 1.54) is 11.3 Å². The first-order valence-corrected chi connectivity index (χ1v) is 11.5. The average molecular weight is 440 g/mol. The molecule has 1 atom stereocenters. The third-order valence-electron chi connectivity index (χ3n) is 5.24. The first kappa shape index (κ1) is 21.3. The number of aromatic nitrogens is 3. The van der Waals surface area contributed by atoms with Crippen molar-refractivity contribution in [2.24, 2.45) is 11.7 Å². The lowest BCUT2D eigenvalue weighted by Gasteiger charge is -2.34. The van der Waals surface area contributed by atoms with Crippen molar-refractivity contribution in [3.05, 3.63) is 41.7 Å². The van der Waals surface area contributed by atoms with Crippen molar-refractivity contribution >= 4 is 34.3 Å². The van der Waals surface area contributed by atoms with Gasteiger partial charge in [0.05, 0.1) is 17.6 Å². The second-order valence-electron chi connectivity index (χ2n) is 8.46. The lowest BCUT2D eigenvalue weighted by Crippen LogP contribution is -2.43. The van der Waals surface area contributed by atoms with E-state index in [9.17, 15) is 4.79 Å². The molecule has 0 spiro atoms. The molecule has 1 aliphatic heterocycles. The van der Waals surface area contributed by atoms with Crippen LogP contribution in [-0.2, 0) is 6.54 Å². The molecule has 0 aliphatic carbocycles. The number of hydrogen-bond donors (Lipinski definition) is 3. The molecule has 1 aliphatic rings. The number of hydrogen-bond acceptors (Lipinski definition) is 7. The van der Waals surface area contributed by atoms with Crippen LogP contribution in [0, 0.1) is 5.92 Å². The fourth-order valence-electron chi connectivity index (χ4n) is 3.80. The number of carbonyl (C=O) groups is 1. The standard InChI is InChI=1S/C22H29N7OS/c1-14(2)10-29-11-15(9-25-29)22-27-19(13-31-22)21(30)26-18-8-16(23)5-6-20(18)28-7-3-4-17(24)12-28/h5-6,8-9,11,13-14,17H,3-4,7,10,12,23-24H2,1-2H3,(H,26,30). The van der Waals surface area contributed by atoms with E-state index in [-0.39, 0.29) is 11.9 Å². The number of nitrogen functional groups attached to an aromatic ring is 1. The van der Waals surface area contributed by atoms with Crippen LogP contribution in [0.5, 0.6) is 0 Å². The Labute approximate surface area is 186 Å². The normalized spacial score (nSPS) is 16.6. The SMILES string of the molecule is CC(C)Cn1cc(-c2nc(C(=O)Nc3cc(N)ccc3N3CCCC(N)C3)cs2)cn1. The highest BCUT2D eigenvalue weighted by Crippen LogP contribution is 2.31. The second-order valence-corrected chi connectivity index (χ2v) is 9.32. The Balaban J connectivity index is 1.51. The molecule has 1 unspecified atom stereocenters. The first-order valence-electron chi connectivity index (χ1n) is 10.6. The van der Waals surface area contributed by atoms with Crippen LogP contribution in [0.2, 0.25) is 0 Å². The molecule has 8 nitrogen and oxygen atoms in total. The molecule has 1 fully saturated rings. The zero-order valence-corrected chi connectivity index (χ0v) is 18.7. The summed E-state index contributed by atoms with van der Waals surface area (Å²) >= 11 is 1.43. The highest BCUT2D eigenvalue weighted by atomic mass is 32.1. The molecule has 3 heterocycles. The quantitative estimate of drug-likeness (QED) is 0.507. The summed E-state index contributed by atoms with van der Waals surface area (Å²) in [5.74, 6) is 0.248. The molecule has 9 heteroatoms. The molecule has 4 rings (SSSR count). The van der Waals surface area contributed by atoms with Crippen LogP contribution in [-0.4, -0.2) is 39.8 Å². The largest absolute Gasteiger partial charge is 0.399 e. The van der Waals surface area contributed by atoms with E-state index < -0.39 is 0 Å². The Bertz CT molecular complexity index is 1060. The van der Waals surface area contributed by atoms with Crippen molar-refractivity contribution in [2.75, 3.05) is 29.0 Å². The van der Waals surface area contributed by atoms with E-state index >= 15 is 0 Å². The molecule has 1 amide bonds. The maximum Gasteiger partial charge on any atom is 0.275 e. The maximum absolute atomic E-state index is 12.9. The number of thiazole rings is 1. The number of piperidine rings is 1. The highest BCUT2D eigenvalue weighted by Gasteiger charge is 2.21. The summed E-state index contributed by atoms with van der Waals surface area (Å²) in [5, 5.41) is 9.93. The first-order chi connectivity index (χ1) is 14.9. The highest BCUT2D eigenvalue weighted by molar-refractivity contribution is 7.13. The molecule has 164 valence electrons. The summed E-state index contributed by atoms with van der Waals surface area (Å²) < 4.78 is 1.91. The van der Waals surface area contributed by atoms with E-state index in [2.05, 4.69) is 34.1 Å². The molecule has 31 heavy (non-hydrogen) atoms. The topological polar surface area (TPSA) is 115 Å². The number of amides is 1. The van der Waals surface area contributed by atoms with Gasteiger partial charge in [-0.15, -0.1) is 11.3 Å². The minimum absolute atomic E-state index is 0.132. The fraction of sp³-hybridized carbons (Fsp3) is 0.409. The second kappa shape index (κ2) is 9.07.